The Morgan fingerprint density at radius 1 is 1.00 bits per heavy atom. The van der Waals surface area contributed by atoms with Gasteiger partial charge < -0.3 is 4.90 Å². The van der Waals surface area contributed by atoms with Crippen LogP contribution in [0.4, 0.5) is 11.4 Å². The number of aryl methyl sites for hydroxylation is 1. The van der Waals surface area contributed by atoms with Crippen LogP contribution in [0.3, 0.4) is 0 Å². The summed E-state index contributed by atoms with van der Waals surface area (Å²) < 4.78 is 0. The predicted octanol–water partition coefficient (Wildman–Crippen LogP) is 4.54. The molecular weight excluding hydrogens is 432 g/mol. The Morgan fingerprint density at radius 3 is 2.58 bits per heavy atom. The van der Waals surface area contributed by atoms with Gasteiger partial charge in [-0.2, -0.15) is 0 Å². The lowest BCUT2D eigenvalue weighted by Gasteiger charge is -2.29. The Labute approximate surface area is 196 Å². The lowest BCUT2D eigenvalue weighted by molar-refractivity contribution is -0.116. The number of rotatable bonds is 4. The third kappa shape index (κ3) is 4.45. The molecule has 0 unspecified atom stereocenters. The number of benzene rings is 2. The second kappa shape index (κ2) is 9.42. The first-order valence-electron chi connectivity index (χ1n) is 10.8. The van der Waals surface area contributed by atoms with E-state index in [9.17, 15) is 9.59 Å². The summed E-state index contributed by atoms with van der Waals surface area (Å²) in [5.41, 5.74) is 4.09. The predicted molar refractivity (Wildman–Crippen MR) is 133 cm³/mol. The van der Waals surface area contributed by atoms with Crippen LogP contribution in [0.25, 0.3) is 6.08 Å². The molecule has 0 N–H and O–H groups in total. The number of aromatic nitrogens is 1. The average molecular weight is 455 g/mol. The maximum absolute atomic E-state index is 13.2. The summed E-state index contributed by atoms with van der Waals surface area (Å²) in [7, 11) is 0. The van der Waals surface area contributed by atoms with Gasteiger partial charge in [-0.25, -0.2) is 4.99 Å². The van der Waals surface area contributed by atoms with Crippen molar-refractivity contribution in [2.24, 2.45) is 4.99 Å². The Bertz CT molecular complexity index is 1240. The zero-order valence-electron chi connectivity index (χ0n) is 17.9. The summed E-state index contributed by atoms with van der Waals surface area (Å²) in [6.45, 7) is 0.706. The van der Waals surface area contributed by atoms with Crippen LogP contribution in [-0.4, -0.2) is 34.3 Å². The van der Waals surface area contributed by atoms with Crippen molar-refractivity contribution in [2.45, 2.75) is 12.8 Å². The normalized spacial score (nSPS) is 16.7. The number of nitrogens with zero attached hydrogens (tertiary/aromatic N) is 4. The summed E-state index contributed by atoms with van der Waals surface area (Å²) in [6.07, 6.45) is 7.03. The fourth-order valence-electron chi connectivity index (χ4n) is 4.01. The fraction of sp³-hybridized carbons (Fsp3) is 0.154. The van der Waals surface area contributed by atoms with Crippen LogP contribution >= 0.6 is 11.8 Å². The van der Waals surface area contributed by atoms with Crippen LogP contribution in [0.2, 0.25) is 0 Å². The molecule has 3 heterocycles. The molecule has 0 aliphatic carbocycles. The number of amides is 2. The Balaban J connectivity index is 1.40. The zero-order valence-corrected chi connectivity index (χ0v) is 18.7. The number of pyridine rings is 1. The zero-order chi connectivity index (χ0) is 22.6. The Hall–Kier alpha value is -3.71. The topological polar surface area (TPSA) is 65.9 Å². The minimum Gasteiger partial charge on any atom is -0.311 e. The first kappa shape index (κ1) is 21.2. The van der Waals surface area contributed by atoms with Gasteiger partial charge in [0.15, 0.2) is 5.17 Å². The molecule has 0 radical (unpaired) electrons. The molecule has 164 valence electrons. The van der Waals surface area contributed by atoms with Crippen molar-refractivity contribution in [3.63, 3.8) is 0 Å². The molecule has 2 aliphatic rings. The Morgan fingerprint density at radius 2 is 1.76 bits per heavy atom. The molecule has 6 nitrogen and oxygen atoms in total. The highest BCUT2D eigenvalue weighted by molar-refractivity contribution is 8.14. The number of anilines is 2. The molecule has 2 aliphatic heterocycles. The quantitative estimate of drug-likeness (QED) is 0.543. The molecule has 0 bridgehead atoms. The number of aliphatic imine (C=N–C) groups is 1. The van der Waals surface area contributed by atoms with Crippen molar-refractivity contribution in [3.05, 3.63) is 95.9 Å². The van der Waals surface area contributed by atoms with E-state index in [0.717, 1.165) is 29.8 Å². The molecule has 5 rings (SSSR count). The monoisotopic (exact) mass is 454 g/mol. The van der Waals surface area contributed by atoms with Gasteiger partial charge in [-0.1, -0.05) is 48.2 Å². The van der Waals surface area contributed by atoms with Gasteiger partial charge in [0, 0.05) is 24.6 Å². The van der Waals surface area contributed by atoms with Gasteiger partial charge in [0.1, 0.15) is 5.70 Å². The molecule has 0 saturated carbocycles. The largest absolute Gasteiger partial charge is 0.311 e. The molecule has 0 spiro atoms. The van der Waals surface area contributed by atoms with E-state index < -0.39 is 0 Å². The van der Waals surface area contributed by atoms with Gasteiger partial charge in [0.05, 0.1) is 11.4 Å². The second-order valence-corrected chi connectivity index (χ2v) is 8.69. The highest BCUT2D eigenvalue weighted by Crippen LogP contribution is 2.31. The maximum atomic E-state index is 13.2. The first-order valence-corrected chi connectivity index (χ1v) is 11.8. The van der Waals surface area contributed by atoms with Crippen molar-refractivity contribution >= 4 is 46.2 Å². The number of carbonyl (C=O) groups excluding carboxylic acids is 2. The molecule has 0 saturated heterocycles. The molecule has 2 aromatic carbocycles. The van der Waals surface area contributed by atoms with Crippen LogP contribution in [0, 0.1) is 0 Å². The highest BCUT2D eigenvalue weighted by atomic mass is 32.2. The van der Waals surface area contributed by atoms with Crippen LogP contribution < -0.4 is 9.80 Å². The molecule has 0 atom stereocenters. The number of amidine groups is 1. The number of para-hydroxylation sites is 2. The van der Waals surface area contributed by atoms with Crippen molar-refractivity contribution in [2.75, 3.05) is 22.1 Å². The first-order chi connectivity index (χ1) is 16.2. The van der Waals surface area contributed by atoms with Crippen LogP contribution in [-0.2, 0) is 16.0 Å². The maximum Gasteiger partial charge on any atom is 0.283 e. The van der Waals surface area contributed by atoms with E-state index in [1.807, 2.05) is 65.6 Å². The molecule has 0 fully saturated rings. The number of hydrogen-bond acceptors (Lipinski definition) is 5. The van der Waals surface area contributed by atoms with Crippen LogP contribution in [0.5, 0.6) is 0 Å². The molecule has 33 heavy (non-hydrogen) atoms. The van der Waals surface area contributed by atoms with Gasteiger partial charge in [-0.05, 0) is 60.4 Å². The van der Waals surface area contributed by atoms with Gasteiger partial charge in [0.2, 0.25) is 5.91 Å². The summed E-state index contributed by atoms with van der Waals surface area (Å²) in [6, 6.07) is 21.1. The van der Waals surface area contributed by atoms with E-state index in [2.05, 4.69) is 16.0 Å². The number of thioether (sulfide) groups is 1. The van der Waals surface area contributed by atoms with Crippen LogP contribution in [0.15, 0.2) is 89.8 Å². The van der Waals surface area contributed by atoms with E-state index in [1.54, 1.807) is 23.4 Å². The van der Waals surface area contributed by atoms with Gasteiger partial charge >= 0.3 is 0 Å². The summed E-state index contributed by atoms with van der Waals surface area (Å²) in [5, 5.41) is 0.505. The summed E-state index contributed by atoms with van der Waals surface area (Å²) in [5.74, 6) is 0.00456. The second-order valence-electron chi connectivity index (χ2n) is 7.75. The third-order valence-electron chi connectivity index (χ3n) is 5.59. The molecule has 7 heteroatoms. The van der Waals surface area contributed by atoms with E-state index in [1.165, 1.54) is 17.3 Å². The lowest BCUT2D eigenvalue weighted by Crippen LogP contribution is -2.37. The van der Waals surface area contributed by atoms with Crippen molar-refractivity contribution in [1.29, 1.82) is 0 Å². The van der Waals surface area contributed by atoms with Crippen molar-refractivity contribution in [3.8, 4) is 0 Å². The number of fused-ring (bicyclic) bond motifs is 1. The molecular formula is C26H22N4O2S. The Kier molecular flexibility index (Phi) is 6.04. The minimum atomic E-state index is -0.212. The average Bonchev–Trinajstić information content (AvgIpc) is 3.18. The number of carbonyl (C=O) groups is 2. The SMILES string of the molecule is O=C(CSC1=N/C(=C/c2ccncc2)C(=O)N1c1ccccc1)N1CCCc2ccccc21. The molecule has 2 amide bonds. The number of hydrogen-bond donors (Lipinski definition) is 0. The smallest absolute Gasteiger partial charge is 0.283 e. The fourth-order valence-corrected chi connectivity index (χ4v) is 4.90. The van der Waals surface area contributed by atoms with Gasteiger partial charge in [-0.3, -0.25) is 19.5 Å². The van der Waals surface area contributed by atoms with E-state index in [0.29, 0.717) is 17.4 Å². The van der Waals surface area contributed by atoms with E-state index >= 15 is 0 Å². The van der Waals surface area contributed by atoms with E-state index in [4.69, 9.17) is 0 Å². The van der Waals surface area contributed by atoms with Gasteiger partial charge in [0.25, 0.3) is 5.91 Å². The third-order valence-corrected chi connectivity index (χ3v) is 6.51. The van der Waals surface area contributed by atoms with Gasteiger partial charge in [-0.15, -0.1) is 0 Å². The van der Waals surface area contributed by atoms with Crippen molar-refractivity contribution in [1.82, 2.24) is 4.98 Å². The minimum absolute atomic E-state index is 0.0156. The highest BCUT2D eigenvalue weighted by Gasteiger charge is 2.33. The van der Waals surface area contributed by atoms with E-state index in [-0.39, 0.29) is 17.6 Å². The molecule has 3 aromatic rings. The van der Waals surface area contributed by atoms with Crippen molar-refractivity contribution < 1.29 is 9.59 Å². The summed E-state index contributed by atoms with van der Waals surface area (Å²) >= 11 is 1.29. The molecule has 1 aromatic heterocycles. The van der Waals surface area contributed by atoms with Crippen LogP contribution in [0.1, 0.15) is 17.5 Å². The lowest BCUT2D eigenvalue weighted by atomic mass is 10.0. The summed E-state index contributed by atoms with van der Waals surface area (Å²) in [4.78, 5) is 38.4. The standard InChI is InChI=1S/C26H22N4O2S/c31-24(29-16-6-8-20-7-4-5-11-23(20)29)18-33-26-28-22(17-19-12-14-27-15-13-19)25(32)30(26)21-9-2-1-3-10-21/h1-5,7,9-15,17H,6,8,16,18H2/b22-17+.